The molecule has 2 nitrogen and oxygen atoms in total. The second kappa shape index (κ2) is 7.45. The van der Waals surface area contributed by atoms with Crippen molar-refractivity contribution < 1.29 is 10.2 Å². The molecule has 5 aliphatic carbocycles. The van der Waals surface area contributed by atoms with Crippen molar-refractivity contribution in [1.29, 1.82) is 0 Å². The molecule has 5 aliphatic rings. The van der Waals surface area contributed by atoms with E-state index in [0.29, 0.717) is 39.9 Å². The Kier molecular flexibility index (Phi) is 5.44. The highest BCUT2D eigenvalue weighted by Gasteiger charge is 2.70. The summed E-state index contributed by atoms with van der Waals surface area (Å²) in [6.07, 6.45) is 14.2. The Morgan fingerprint density at radius 2 is 1.61 bits per heavy atom. The van der Waals surface area contributed by atoms with Crippen LogP contribution < -0.4 is 0 Å². The third-order valence-corrected chi connectivity index (χ3v) is 13.7. The summed E-state index contributed by atoms with van der Waals surface area (Å²) in [5.74, 6) is 3.23. The summed E-state index contributed by atoms with van der Waals surface area (Å²) in [6.45, 7) is 21.3. The van der Waals surface area contributed by atoms with Crippen LogP contribution in [0.2, 0.25) is 0 Å². The van der Waals surface area contributed by atoms with E-state index in [1.807, 2.05) is 0 Å². The van der Waals surface area contributed by atoms with Crippen LogP contribution in [-0.4, -0.2) is 22.9 Å². The van der Waals surface area contributed by atoms with Crippen LogP contribution in [0.15, 0.2) is 24.8 Å². The number of aliphatic hydroxyl groups is 2. The average Bonchev–Trinajstić information content (AvgIpc) is 3.17. The molecular formula is C31H50O2. The first-order valence-corrected chi connectivity index (χ1v) is 14.0. The van der Waals surface area contributed by atoms with E-state index in [0.717, 1.165) is 25.2 Å². The fourth-order valence-corrected chi connectivity index (χ4v) is 11.6. The molecule has 11 atom stereocenters. The van der Waals surface area contributed by atoms with Crippen molar-refractivity contribution in [2.75, 3.05) is 6.61 Å². The van der Waals surface area contributed by atoms with E-state index in [-0.39, 0.29) is 23.5 Å². The first-order chi connectivity index (χ1) is 15.4. The van der Waals surface area contributed by atoms with Gasteiger partial charge in [-0.25, -0.2) is 0 Å². The molecule has 0 radical (unpaired) electrons. The van der Waals surface area contributed by atoms with Gasteiger partial charge in [0.2, 0.25) is 0 Å². The SMILES string of the molecule is C=C[C@]12CC[C@@H](C(=C)C)C1C1CCC3[C@@]4(C)CC[C@H](O)[C@@](C)(CO)C4CC[C@@]3(C)[C@]1(C)CC2. The highest BCUT2D eigenvalue weighted by molar-refractivity contribution is 5.24. The zero-order valence-electron chi connectivity index (χ0n) is 22.1. The monoisotopic (exact) mass is 454 g/mol. The van der Waals surface area contributed by atoms with Gasteiger partial charge in [0.15, 0.2) is 0 Å². The summed E-state index contributed by atoms with van der Waals surface area (Å²) in [7, 11) is 0. The Morgan fingerprint density at radius 1 is 0.879 bits per heavy atom. The molecule has 0 aromatic rings. The maximum Gasteiger partial charge on any atom is 0.0618 e. The molecule has 0 bridgehead atoms. The van der Waals surface area contributed by atoms with E-state index < -0.39 is 0 Å². The van der Waals surface area contributed by atoms with Crippen molar-refractivity contribution in [3.8, 4) is 0 Å². The molecule has 5 fully saturated rings. The summed E-state index contributed by atoms with van der Waals surface area (Å²) >= 11 is 0. The zero-order valence-corrected chi connectivity index (χ0v) is 22.1. The molecule has 0 aromatic carbocycles. The predicted octanol–water partition coefficient (Wildman–Crippen LogP) is 7.16. The number of fused-ring (bicyclic) bond motifs is 7. The van der Waals surface area contributed by atoms with E-state index in [4.69, 9.17) is 0 Å². The molecule has 2 heteroatoms. The van der Waals surface area contributed by atoms with Gasteiger partial charge in [-0.15, -0.1) is 6.58 Å². The molecule has 0 saturated heterocycles. The molecule has 186 valence electrons. The molecule has 33 heavy (non-hydrogen) atoms. The first kappa shape index (κ1) is 24.1. The van der Waals surface area contributed by atoms with Gasteiger partial charge in [0.05, 0.1) is 12.7 Å². The van der Waals surface area contributed by atoms with E-state index in [9.17, 15) is 10.2 Å². The summed E-state index contributed by atoms with van der Waals surface area (Å²) in [4.78, 5) is 0. The molecule has 5 saturated carbocycles. The molecule has 5 rings (SSSR count). The second-order valence-electron chi connectivity index (χ2n) is 14.3. The molecule has 0 amide bonds. The fourth-order valence-electron chi connectivity index (χ4n) is 11.6. The van der Waals surface area contributed by atoms with Gasteiger partial charge < -0.3 is 10.2 Å². The summed E-state index contributed by atoms with van der Waals surface area (Å²) in [6, 6.07) is 0. The highest BCUT2D eigenvalue weighted by atomic mass is 16.3. The minimum atomic E-state index is -0.366. The maximum absolute atomic E-state index is 10.9. The van der Waals surface area contributed by atoms with Crippen LogP contribution in [0.3, 0.4) is 0 Å². The number of hydrogen-bond donors (Lipinski definition) is 2. The molecule has 4 unspecified atom stereocenters. The van der Waals surface area contributed by atoms with Crippen LogP contribution >= 0.6 is 0 Å². The standard InChI is InChI=1S/C31H50O2/c1-8-31-16-11-21(20(2)3)26(31)22-9-10-24-27(4)14-13-25(33)28(5,19-32)23(27)12-15-30(24,7)29(22,6)17-18-31/h8,21-26,32-33H,1-2,9-19H2,3-7H3/t21-,22?,23?,24?,25-,26?,27-,28-,29+,30+,31+/m0/s1. The van der Waals surface area contributed by atoms with E-state index in [1.165, 1.54) is 50.5 Å². The van der Waals surface area contributed by atoms with E-state index in [2.05, 4.69) is 53.9 Å². The molecule has 0 heterocycles. The molecule has 2 N–H and O–H groups in total. The summed E-state index contributed by atoms with van der Waals surface area (Å²) in [5.41, 5.74) is 2.26. The number of rotatable bonds is 3. The van der Waals surface area contributed by atoms with Crippen molar-refractivity contribution in [3.05, 3.63) is 24.8 Å². The Bertz CT molecular complexity index is 833. The van der Waals surface area contributed by atoms with Gasteiger partial charge in [-0.05, 0) is 122 Å². The fraction of sp³-hybridized carbons (Fsp3) is 0.871. The lowest BCUT2D eigenvalue weighted by atomic mass is 9.32. The Labute approximate surface area is 203 Å². The number of hydrogen-bond acceptors (Lipinski definition) is 2. The third kappa shape index (κ3) is 2.80. The largest absolute Gasteiger partial charge is 0.396 e. The summed E-state index contributed by atoms with van der Waals surface area (Å²) in [5, 5.41) is 21.4. The van der Waals surface area contributed by atoms with Crippen LogP contribution in [-0.2, 0) is 0 Å². The van der Waals surface area contributed by atoms with Crippen LogP contribution in [0.4, 0.5) is 0 Å². The Balaban J connectivity index is 1.55. The van der Waals surface area contributed by atoms with Gasteiger partial charge in [0.25, 0.3) is 0 Å². The van der Waals surface area contributed by atoms with Crippen molar-refractivity contribution in [3.63, 3.8) is 0 Å². The zero-order chi connectivity index (χ0) is 24.0. The average molecular weight is 455 g/mol. The lowest BCUT2D eigenvalue weighted by Crippen LogP contribution is -2.67. The summed E-state index contributed by atoms with van der Waals surface area (Å²) < 4.78 is 0. The maximum atomic E-state index is 10.9. The highest BCUT2D eigenvalue weighted by Crippen LogP contribution is 2.77. The first-order valence-electron chi connectivity index (χ1n) is 14.0. The number of allylic oxidation sites excluding steroid dienone is 2. The van der Waals surface area contributed by atoms with E-state index >= 15 is 0 Å². The van der Waals surface area contributed by atoms with Gasteiger partial charge in [-0.3, -0.25) is 0 Å². The Hall–Kier alpha value is -0.600. The van der Waals surface area contributed by atoms with Gasteiger partial charge >= 0.3 is 0 Å². The van der Waals surface area contributed by atoms with Crippen molar-refractivity contribution in [2.24, 2.45) is 56.7 Å². The van der Waals surface area contributed by atoms with E-state index in [1.54, 1.807) is 0 Å². The molecular weight excluding hydrogens is 404 g/mol. The molecule has 0 aromatic heterocycles. The Morgan fingerprint density at radius 3 is 2.24 bits per heavy atom. The van der Waals surface area contributed by atoms with Gasteiger partial charge in [0.1, 0.15) is 0 Å². The smallest absolute Gasteiger partial charge is 0.0618 e. The minimum absolute atomic E-state index is 0.113. The topological polar surface area (TPSA) is 40.5 Å². The van der Waals surface area contributed by atoms with Crippen LogP contribution in [0, 0.1) is 56.7 Å². The second-order valence-corrected chi connectivity index (χ2v) is 14.3. The normalized spacial score (nSPS) is 57.9. The van der Waals surface area contributed by atoms with Crippen LogP contribution in [0.5, 0.6) is 0 Å². The lowest BCUT2D eigenvalue weighted by Gasteiger charge is -2.73. The quantitative estimate of drug-likeness (QED) is 0.444. The minimum Gasteiger partial charge on any atom is -0.396 e. The predicted molar refractivity (Wildman–Crippen MR) is 137 cm³/mol. The van der Waals surface area contributed by atoms with Gasteiger partial charge in [0, 0.05) is 5.41 Å². The molecule has 0 spiro atoms. The van der Waals surface area contributed by atoms with Gasteiger partial charge in [-0.2, -0.15) is 0 Å². The lowest BCUT2D eigenvalue weighted by molar-refractivity contribution is -0.251. The third-order valence-electron chi connectivity index (χ3n) is 13.7. The van der Waals surface area contributed by atoms with Gasteiger partial charge in [-0.1, -0.05) is 45.9 Å². The van der Waals surface area contributed by atoms with Crippen LogP contribution in [0.1, 0.15) is 98.8 Å². The van der Waals surface area contributed by atoms with Crippen molar-refractivity contribution >= 4 is 0 Å². The number of aliphatic hydroxyl groups excluding tert-OH is 2. The van der Waals surface area contributed by atoms with Crippen LogP contribution in [0.25, 0.3) is 0 Å². The van der Waals surface area contributed by atoms with Crippen molar-refractivity contribution in [2.45, 2.75) is 105 Å². The molecule has 0 aliphatic heterocycles. The van der Waals surface area contributed by atoms with Crippen molar-refractivity contribution in [1.82, 2.24) is 0 Å².